The van der Waals surface area contributed by atoms with Crippen molar-refractivity contribution >= 4 is 23.0 Å². The average molecular weight is 277 g/mol. The molecule has 2 aromatic rings. The zero-order valence-electron chi connectivity index (χ0n) is 10.8. The van der Waals surface area contributed by atoms with E-state index in [1.165, 1.54) is 0 Å². The smallest absolute Gasteiger partial charge is 0.119 e. The highest BCUT2D eigenvalue weighted by atomic mass is 35.5. The van der Waals surface area contributed by atoms with E-state index < -0.39 is 0 Å². The van der Waals surface area contributed by atoms with Crippen molar-refractivity contribution in [2.75, 3.05) is 30.8 Å². The van der Waals surface area contributed by atoms with Crippen molar-refractivity contribution in [1.82, 2.24) is 0 Å². The van der Waals surface area contributed by atoms with Gasteiger partial charge in [-0.25, -0.2) is 0 Å². The van der Waals surface area contributed by atoms with Crippen LogP contribution in [0.2, 0.25) is 5.02 Å². The first-order valence-electron chi connectivity index (χ1n) is 6.16. The quantitative estimate of drug-likeness (QED) is 0.786. The van der Waals surface area contributed by atoms with E-state index in [4.69, 9.17) is 16.3 Å². The van der Waals surface area contributed by atoms with Gasteiger partial charge in [0.2, 0.25) is 0 Å². The summed E-state index contributed by atoms with van der Waals surface area (Å²) >= 11 is 6.06. The van der Waals surface area contributed by atoms with Gasteiger partial charge in [0.25, 0.3) is 0 Å². The van der Waals surface area contributed by atoms with E-state index >= 15 is 0 Å². The minimum Gasteiger partial charge on any atom is -0.497 e. The number of ether oxygens (including phenoxy) is 1. The molecule has 0 aliphatic carbocycles. The highest BCUT2D eigenvalue weighted by Gasteiger charge is 1.97. The summed E-state index contributed by atoms with van der Waals surface area (Å²) in [6.45, 7) is 1.62. The summed E-state index contributed by atoms with van der Waals surface area (Å²) in [5, 5.41) is 7.35. The second-order valence-electron chi connectivity index (χ2n) is 4.06. The minimum absolute atomic E-state index is 0.743. The van der Waals surface area contributed by atoms with Crippen LogP contribution in [0.4, 0.5) is 11.4 Å². The van der Waals surface area contributed by atoms with Crippen molar-refractivity contribution in [3.63, 3.8) is 0 Å². The number of hydrogen-bond acceptors (Lipinski definition) is 3. The van der Waals surface area contributed by atoms with Gasteiger partial charge in [-0.15, -0.1) is 0 Å². The Labute approximate surface area is 118 Å². The molecule has 19 heavy (non-hydrogen) atoms. The van der Waals surface area contributed by atoms with Crippen molar-refractivity contribution in [3.8, 4) is 5.75 Å². The molecule has 0 heterocycles. The van der Waals surface area contributed by atoms with Crippen LogP contribution < -0.4 is 15.4 Å². The Bertz CT molecular complexity index is 514. The molecular weight excluding hydrogens is 260 g/mol. The normalized spacial score (nSPS) is 10.0. The molecule has 0 bridgehead atoms. The van der Waals surface area contributed by atoms with Gasteiger partial charge >= 0.3 is 0 Å². The number of para-hydroxylation sites is 1. The Morgan fingerprint density at radius 1 is 0.947 bits per heavy atom. The SMILES string of the molecule is COc1ccc(NCCNc2ccccc2Cl)cc1. The van der Waals surface area contributed by atoms with E-state index in [0.717, 1.165) is 35.2 Å². The van der Waals surface area contributed by atoms with Gasteiger partial charge in [0.1, 0.15) is 5.75 Å². The van der Waals surface area contributed by atoms with Crippen molar-refractivity contribution in [2.24, 2.45) is 0 Å². The number of hydrogen-bond donors (Lipinski definition) is 2. The zero-order valence-corrected chi connectivity index (χ0v) is 11.6. The van der Waals surface area contributed by atoms with Gasteiger partial charge in [-0.2, -0.15) is 0 Å². The molecule has 0 fully saturated rings. The number of methoxy groups -OCH3 is 1. The summed E-state index contributed by atoms with van der Waals surface area (Å²) in [4.78, 5) is 0. The second kappa shape index (κ2) is 6.90. The molecule has 4 heteroatoms. The molecule has 2 aromatic carbocycles. The first-order chi connectivity index (χ1) is 9.29. The Kier molecular flexibility index (Phi) is 4.93. The van der Waals surface area contributed by atoms with Gasteiger partial charge in [0.05, 0.1) is 17.8 Å². The minimum atomic E-state index is 0.743. The van der Waals surface area contributed by atoms with E-state index in [1.54, 1.807) is 7.11 Å². The van der Waals surface area contributed by atoms with Gasteiger partial charge in [0, 0.05) is 18.8 Å². The molecule has 0 saturated heterocycles. The van der Waals surface area contributed by atoms with Crippen molar-refractivity contribution in [2.45, 2.75) is 0 Å². The van der Waals surface area contributed by atoms with E-state index in [-0.39, 0.29) is 0 Å². The van der Waals surface area contributed by atoms with E-state index in [1.807, 2.05) is 48.5 Å². The summed E-state index contributed by atoms with van der Waals surface area (Å²) in [5.74, 6) is 0.861. The molecule has 2 N–H and O–H groups in total. The average Bonchev–Trinajstić information content (AvgIpc) is 2.46. The lowest BCUT2D eigenvalue weighted by atomic mass is 10.3. The molecule has 0 amide bonds. The molecule has 2 rings (SSSR count). The molecule has 0 radical (unpaired) electrons. The van der Waals surface area contributed by atoms with Crippen molar-refractivity contribution < 1.29 is 4.74 Å². The first-order valence-corrected chi connectivity index (χ1v) is 6.54. The summed E-state index contributed by atoms with van der Waals surface area (Å²) in [5.41, 5.74) is 2.03. The standard InChI is InChI=1S/C15H17ClN2O/c1-19-13-8-6-12(7-9-13)17-10-11-18-15-5-3-2-4-14(15)16/h2-9,17-18H,10-11H2,1H3. The summed E-state index contributed by atoms with van der Waals surface area (Å²) in [6, 6.07) is 15.6. The van der Waals surface area contributed by atoms with Gasteiger partial charge < -0.3 is 15.4 Å². The van der Waals surface area contributed by atoms with Gasteiger partial charge in [0.15, 0.2) is 0 Å². The Morgan fingerprint density at radius 2 is 1.63 bits per heavy atom. The monoisotopic (exact) mass is 276 g/mol. The Hall–Kier alpha value is -1.87. The molecule has 0 aliphatic heterocycles. The van der Waals surface area contributed by atoms with Crippen molar-refractivity contribution in [3.05, 3.63) is 53.6 Å². The molecular formula is C15H17ClN2O. The third-order valence-electron chi connectivity index (χ3n) is 2.73. The van der Waals surface area contributed by atoms with Crippen LogP contribution in [-0.4, -0.2) is 20.2 Å². The van der Waals surface area contributed by atoms with Crippen LogP contribution in [-0.2, 0) is 0 Å². The van der Waals surface area contributed by atoms with E-state index in [9.17, 15) is 0 Å². The maximum atomic E-state index is 6.06. The lowest BCUT2D eigenvalue weighted by Crippen LogP contribution is -2.13. The molecule has 0 spiro atoms. The van der Waals surface area contributed by atoms with Crippen LogP contribution in [0.5, 0.6) is 5.75 Å². The lowest BCUT2D eigenvalue weighted by molar-refractivity contribution is 0.415. The molecule has 0 aliphatic rings. The van der Waals surface area contributed by atoms with Crippen molar-refractivity contribution in [1.29, 1.82) is 0 Å². The Balaban J connectivity index is 1.76. The summed E-state index contributed by atoms with van der Waals surface area (Å²) in [7, 11) is 1.66. The zero-order chi connectivity index (χ0) is 13.5. The number of rotatable bonds is 6. The molecule has 0 saturated carbocycles. The summed E-state index contributed by atoms with van der Waals surface area (Å²) < 4.78 is 5.11. The summed E-state index contributed by atoms with van der Waals surface area (Å²) in [6.07, 6.45) is 0. The second-order valence-corrected chi connectivity index (χ2v) is 4.47. The van der Waals surface area contributed by atoms with Gasteiger partial charge in [-0.05, 0) is 36.4 Å². The van der Waals surface area contributed by atoms with Crippen LogP contribution in [0.15, 0.2) is 48.5 Å². The molecule has 100 valence electrons. The number of anilines is 2. The van der Waals surface area contributed by atoms with Crippen LogP contribution in [0.1, 0.15) is 0 Å². The molecule has 0 aromatic heterocycles. The third-order valence-corrected chi connectivity index (χ3v) is 3.06. The predicted molar refractivity (Wildman–Crippen MR) is 81.4 cm³/mol. The predicted octanol–water partition coefficient (Wildman–Crippen LogP) is 3.87. The van der Waals surface area contributed by atoms with Crippen LogP contribution in [0.25, 0.3) is 0 Å². The van der Waals surface area contributed by atoms with Gasteiger partial charge in [-0.1, -0.05) is 23.7 Å². The maximum absolute atomic E-state index is 6.06. The fraction of sp³-hybridized carbons (Fsp3) is 0.200. The fourth-order valence-electron chi connectivity index (χ4n) is 1.72. The Morgan fingerprint density at radius 3 is 2.32 bits per heavy atom. The topological polar surface area (TPSA) is 33.3 Å². The van der Waals surface area contributed by atoms with Crippen LogP contribution in [0, 0.1) is 0 Å². The number of benzene rings is 2. The highest BCUT2D eigenvalue weighted by Crippen LogP contribution is 2.20. The number of nitrogens with one attached hydrogen (secondary N) is 2. The van der Waals surface area contributed by atoms with E-state index in [0.29, 0.717) is 0 Å². The molecule has 0 unspecified atom stereocenters. The largest absolute Gasteiger partial charge is 0.497 e. The number of halogens is 1. The van der Waals surface area contributed by atoms with Crippen LogP contribution in [0.3, 0.4) is 0 Å². The molecule has 3 nitrogen and oxygen atoms in total. The molecule has 0 atom stereocenters. The lowest BCUT2D eigenvalue weighted by Gasteiger charge is -2.10. The maximum Gasteiger partial charge on any atom is 0.119 e. The van der Waals surface area contributed by atoms with Crippen LogP contribution >= 0.6 is 11.6 Å². The fourth-order valence-corrected chi connectivity index (χ4v) is 1.92. The highest BCUT2D eigenvalue weighted by molar-refractivity contribution is 6.33. The first kappa shape index (κ1) is 13.6. The van der Waals surface area contributed by atoms with Gasteiger partial charge in [-0.3, -0.25) is 0 Å². The van der Waals surface area contributed by atoms with E-state index in [2.05, 4.69) is 10.6 Å². The third kappa shape index (κ3) is 4.07.